The van der Waals surface area contributed by atoms with Gasteiger partial charge in [-0.05, 0) is 36.8 Å². The molecule has 0 aliphatic rings. The molecule has 2 aromatic rings. The van der Waals surface area contributed by atoms with Crippen LogP contribution in [-0.4, -0.2) is 11.7 Å². The van der Waals surface area contributed by atoms with Crippen LogP contribution in [0.4, 0.5) is 4.39 Å². The van der Waals surface area contributed by atoms with Crippen LogP contribution in [-0.2, 0) is 6.42 Å². The van der Waals surface area contributed by atoms with Crippen LogP contribution in [0.3, 0.4) is 0 Å². The van der Waals surface area contributed by atoms with Crippen LogP contribution in [0.2, 0.25) is 0 Å². The highest BCUT2D eigenvalue weighted by Crippen LogP contribution is 2.30. The minimum atomic E-state index is -0.740. The van der Waals surface area contributed by atoms with Crippen molar-refractivity contribution < 1.29 is 14.2 Å². The van der Waals surface area contributed by atoms with Crippen molar-refractivity contribution in [3.8, 4) is 5.75 Å². The van der Waals surface area contributed by atoms with Gasteiger partial charge in [0.05, 0.1) is 12.7 Å². The SMILES string of the molecule is CCOc1ccccc1C(O)Cc1cc(F)ccc1Br. The zero-order valence-corrected chi connectivity index (χ0v) is 12.7. The van der Waals surface area contributed by atoms with Crippen molar-refractivity contribution in [1.29, 1.82) is 0 Å². The summed E-state index contributed by atoms with van der Waals surface area (Å²) in [7, 11) is 0. The summed E-state index contributed by atoms with van der Waals surface area (Å²) >= 11 is 3.37. The molecule has 20 heavy (non-hydrogen) atoms. The lowest BCUT2D eigenvalue weighted by Gasteiger charge is -2.16. The number of benzene rings is 2. The van der Waals surface area contributed by atoms with Crippen LogP contribution in [0, 0.1) is 5.82 Å². The Morgan fingerprint density at radius 2 is 2.00 bits per heavy atom. The van der Waals surface area contributed by atoms with E-state index in [2.05, 4.69) is 15.9 Å². The van der Waals surface area contributed by atoms with Gasteiger partial charge in [-0.15, -0.1) is 0 Å². The van der Waals surface area contributed by atoms with E-state index in [1.165, 1.54) is 12.1 Å². The van der Waals surface area contributed by atoms with Crippen LogP contribution < -0.4 is 4.74 Å². The number of halogens is 2. The van der Waals surface area contributed by atoms with Gasteiger partial charge in [-0.2, -0.15) is 0 Å². The summed E-state index contributed by atoms with van der Waals surface area (Å²) < 4.78 is 19.6. The predicted molar refractivity (Wildman–Crippen MR) is 80.4 cm³/mol. The highest BCUT2D eigenvalue weighted by Gasteiger charge is 2.15. The van der Waals surface area contributed by atoms with Crippen molar-refractivity contribution in [1.82, 2.24) is 0 Å². The summed E-state index contributed by atoms with van der Waals surface area (Å²) in [4.78, 5) is 0. The molecule has 0 aliphatic heterocycles. The Hall–Kier alpha value is -1.39. The maximum Gasteiger partial charge on any atom is 0.125 e. The molecule has 0 fully saturated rings. The van der Waals surface area contributed by atoms with Gasteiger partial charge in [0.15, 0.2) is 0 Å². The Morgan fingerprint density at radius 1 is 1.25 bits per heavy atom. The monoisotopic (exact) mass is 338 g/mol. The van der Waals surface area contributed by atoms with E-state index in [9.17, 15) is 9.50 Å². The molecule has 106 valence electrons. The molecule has 0 spiro atoms. The summed E-state index contributed by atoms with van der Waals surface area (Å²) in [5, 5.41) is 10.4. The summed E-state index contributed by atoms with van der Waals surface area (Å²) in [6.45, 7) is 2.43. The third-order valence-electron chi connectivity index (χ3n) is 3.00. The molecular formula is C16H16BrFO2. The van der Waals surface area contributed by atoms with Gasteiger partial charge >= 0.3 is 0 Å². The summed E-state index contributed by atoms with van der Waals surface area (Å²) in [5.41, 5.74) is 1.44. The standard InChI is InChI=1S/C16H16BrFO2/c1-2-20-16-6-4-3-5-13(16)15(19)10-11-9-12(18)7-8-14(11)17/h3-9,15,19H,2,10H2,1H3. The van der Waals surface area contributed by atoms with Gasteiger partial charge < -0.3 is 9.84 Å². The molecule has 4 heteroatoms. The van der Waals surface area contributed by atoms with E-state index in [1.54, 1.807) is 6.07 Å². The lowest BCUT2D eigenvalue weighted by Crippen LogP contribution is -2.06. The van der Waals surface area contributed by atoms with Gasteiger partial charge in [-0.3, -0.25) is 0 Å². The van der Waals surface area contributed by atoms with Gasteiger partial charge in [0, 0.05) is 16.5 Å². The number of aliphatic hydroxyl groups excluding tert-OH is 1. The molecule has 0 bridgehead atoms. The average molecular weight is 339 g/mol. The number of rotatable bonds is 5. The highest BCUT2D eigenvalue weighted by molar-refractivity contribution is 9.10. The minimum Gasteiger partial charge on any atom is -0.493 e. The Kier molecular flexibility index (Phi) is 5.15. The van der Waals surface area contributed by atoms with E-state index in [1.807, 2.05) is 31.2 Å². The summed E-state index contributed by atoms with van der Waals surface area (Å²) in [6.07, 6.45) is -0.418. The topological polar surface area (TPSA) is 29.5 Å². The van der Waals surface area contributed by atoms with E-state index in [4.69, 9.17) is 4.74 Å². The lowest BCUT2D eigenvalue weighted by atomic mass is 10.0. The van der Waals surface area contributed by atoms with Gasteiger partial charge in [0.25, 0.3) is 0 Å². The van der Waals surface area contributed by atoms with Crippen LogP contribution in [0.15, 0.2) is 46.9 Å². The molecule has 0 saturated heterocycles. The molecule has 0 saturated carbocycles. The molecule has 0 amide bonds. The molecule has 0 aromatic heterocycles. The minimum absolute atomic E-state index is 0.312. The predicted octanol–water partition coefficient (Wildman–Crippen LogP) is 4.26. The Bertz CT molecular complexity index is 586. The van der Waals surface area contributed by atoms with Gasteiger partial charge in [-0.1, -0.05) is 34.1 Å². The quantitative estimate of drug-likeness (QED) is 0.882. The van der Waals surface area contributed by atoms with E-state index in [-0.39, 0.29) is 5.82 Å². The first-order valence-corrected chi connectivity index (χ1v) is 7.24. The normalized spacial score (nSPS) is 12.2. The van der Waals surface area contributed by atoms with E-state index in [0.717, 1.165) is 10.0 Å². The Labute approximate surface area is 126 Å². The zero-order chi connectivity index (χ0) is 14.5. The Balaban J connectivity index is 2.23. The van der Waals surface area contributed by atoms with Crippen molar-refractivity contribution in [2.45, 2.75) is 19.4 Å². The molecule has 1 N–H and O–H groups in total. The molecule has 2 nitrogen and oxygen atoms in total. The molecule has 0 aliphatic carbocycles. The van der Waals surface area contributed by atoms with Crippen molar-refractivity contribution in [3.05, 3.63) is 63.9 Å². The fourth-order valence-electron chi connectivity index (χ4n) is 2.06. The van der Waals surface area contributed by atoms with Gasteiger partial charge in [0.2, 0.25) is 0 Å². The van der Waals surface area contributed by atoms with Crippen molar-refractivity contribution in [2.24, 2.45) is 0 Å². The van der Waals surface area contributed by atoms with E-state index < -0.39 is 6.10 Å². The fourth-order valence-corrected chi connectivity index (χ4v) is 2.47. The second-order valence-electron chi connectivity index (χ2n) is 4.43. The number of ether oxygens (including phenoxy) is 1. The zero-order valence-electron chi connectivity index (χ0n) is 11.1. The highest BCUT2D eigenvalue weighted by atomic mass is 79.9. The largest absolute Gasteiger partial charge is 0.493 e. The fraction of sp³-hybridized carbons (Fsp3) is 0.250. The first-order chi connectivity index (χ1) is 9.61. The van der Waals surface area contributed by atoms with Crippen LogP contribution in [0.25, 0.3) is 0 Å². The van der Waals surface area contributed by atoms with Crippen molar-refractivity contribution in [3.63, 3.8) is 0 Å². The molecule has 1 atom stereocenters. The van der Waals surface area contributed by atoms with Gasteiger partial charge in [-0.25, -0.2) is 4.39 Å². The Morgan fingerprint density at radius 3 is 2.75 bits per heavy atom. The van der Waals surface area contributed by atoms with Crippen LogP contribution in [0.1, 0.15) is 24.2 Å². The van der Waals surface area contributed by atoms with E-state index >= 15 is 0 Å². The maximum absolute atomic E-state index is 13.3. The first-order valence-electron chi connectivity index (χ1n) is 6.45. The number of aliphatic hydroxyl groups is 1. The number of hydrogen-bond acceptors (Lipinski definition) is 2. The molecule has 1 unspecified atom stereocenters. The lowest BCUT2D eigenvalue weighted by molar-refractivity contribution is 0.172. The first kappa shape index (κ1) is 15.0. The van der Waals surface area contributed by atoms with Crippen molar-refractivity contribution in [2.75, 3.05) is 6.61 Å². The summed E-state index contributed by atoms with van der Waals surface area (Å²) in [5.74, 6) is 0.350. The molecule has 0 heterocycles. The second kappa shape index (κ2) is 6.86. The number of para-hydroxylation sites is 1. The average Bonchev–Trinajstić information content (AvgIpc) is 2.44. The maximum atomic E-state index is 13.3. The third kappa shape index (κ3) is 3.58. The molecule has 2 aromatic carbocycles. The van der Waals surface area contributed by atoms with E-state index in [0.29, 0.717) is 24.3 Å². The van der Waals surface area contributed by atoms with Crippen molar-refractivity contribution >= 4 is 15.9 Å². The number of hydrogen-bond donors (Lipinski definition) is 1. The van der Waals surface area contributed by atoms with Crippen LogP contribution in [0.5, 0.6) is 5.75 Å². The molecular weight excluding hydrogens is 323 g/mol. The second-order valence-corrected chi connectivity index (χ2v) is 5.28. The summed E-state index contributed by atoms with van der Waals surface area (Å²) in [6, 6.07) is 11.8. The smallest absolute Gasteiger partial charge is 0.125 e. The molecule has 0 radical (unpaired) electrons. The van der Waals surface area contributed by atoms with Gasteiger partial charge in [0.1, 0.15) is 11.6 Å². The third-order valence-corrected chi connectivity index (χ3v) is 3.77. The van der Waals surface area contributed by atoms with Crippen LogP contribution >= 0.6 is 15.9 Å². The molecule has 2 rings (SSSR count).